The Bertz CT molecular complexity index is 815. The van der Waals surface area contributed by atoms with Crippen LogP contribution in [0.15, 0.2) is 36.4 Å². The van der Waals surface area contributed by atoms with E-state index >= 15 is 0 Å². The summed E-state index contributed by atoms with van der Waals surface area (Å²) in [4.78, 5) is 16.3. The van der Waals surface area contributed by atoms with Gasteiger partial charge in [0.15, 0.2) is 11.5 Å². The van der Waals surface area contributed by atoms with E-state index < -0.39 is 0 Å². The molecule has 7 heteroatoms. The van der Waals surface area contributed by atoms with Gasteiger partial charge in [-0.2, -0.15) is 5.26 Å². The van der Waals surface area contributed by atoms with Gasteiger partial charge in [-0.1, -0.05) is 12.1 Å². The van der Waals surface area contributed by atoms with Crippen LogP contribution < -0.4 is 10.2 Å². The van der Waals surface area contributed by atoms with Crippen LogP contribution >= 0.6 is 0 Å². The van der Waals surface area contributed by atoms with Gasteiger partial charge in [0.2, 0.25) is 0 Å². The van der Waals surface area contributed by atoms with Crippen LogP contribution in [-0.4, -0.2) is 47.3 Å². The third-order valence-corrected chi connectivity index (χ3v) is 4.87. The molecule has 0 bridgehead atoms. The second-order valence-corrected chi connectivity index (χ2v) is 6.69. The summed E-state index contributed by atoms with van der Waals surface area (Å²) in [5.74, 6) is 1.46. The highest BCUT2D eigenvalue weighted by Crippen LogP contribution is 2.40. The van der Waals surface area contributed by atoms with Gasteiger partial charge in [-0.05, 0) is 48.6 Å². The van der Waals surface area contributed by atoms with Crippen molar-refractivity contribution in [1.82, 2.24) is 15.1 Å². The standard InChI is InChI=1S/C19H20N6O/c20-13-17-7-8-18(23-22-17)24-9-11-25(12-10-24)19(26)21-16-5-3-15(4-6-16)14-1-2-14/h3-8,14H,1-2,9-12H2,(H,21,26). The van der Waals surface area contributed by atoms with Gasteiger partial charge in [0.05, 0.1) is 0 Å². The van der Waals surface area contributed by atoms with Crippen molar-refractivity contribution in [2.24, 2.45) is 0 Å². The first-order valence-electron chi connectivity index (χ1n) is 8.87. The molecule has 1 N–H and O–H groups in total. The number of carbonyl (C=O) groups excluding carboxylic acids is 1. The number of anilines is 2. The Morgan fingerprint density at radius 3 is 2.35 bits per heavy atom. The summed E-state index contributed by atoms with van der Waals surface area (Å²) in [5, 5.41) is 19.7. The maximum Gasteiger partial charge on any atom is 0.321 e. The minimum Gasteiger partial charge on any atom is -0.352 e. The summed E-state index contributed by atoms with van der Waals surface area (Å²) in [5.41, 5.74) is 2.50. The molecule has 0 unspecified atom stereocenters. The van der Waals surface area contributed by atoms with Crippen LogP contribution in [0.25, 0.3) is 0 Å². The van der Waals surface area contributed by atoms with Crippen molar-refractivity contribution in [3.63, 3.8) is 0 Å². The molecule has 2 aliphatic rings. The van der Waals surface area contributed by atoms with Crippen LogP contribution in [0, 0.1) is 11.3 Å². The zero-order chi connectivity index (χ0) is 17.9. The van der Waals surface area contributed by atoms with Gasteiger partial charge in [0.25, 0.3) is 0 Å². The summed E-state index contributed by atoms with van der Waals surface area (Å²) in [7, 11) is 0. The van der Waals surface area contributed by atoms with Gasteiger partial charge in [-0.15, -0.1) is 10.2 Å². The Morgan fingerprint density at radius 1 is 1.04 bits per heavy atom. The summed E-state index contributed by atoms with van der Waals surface area (Å²) >= 11 is 0. The largest absolute Gasteiger partial charge is 0.352 e. The third kappa shape index (κ3) is 3.59. The predicted octanol–water partition coefficient (Wildman–Crippen LogP) is 2.58. The Morgan fingerprint density at radius 2 is 1.77 bits per heavy atom. The van der Waals surface area contributed by atoms with E-state index in [-0.39, 0.29) is 6.03 Å². The molecule has 0 radical (unpaired) electrons. The van der Waals surface area contributed by atoms with Gasteiger partial charge < -0.3 is 15.1 Å². The molecule has 1 saturated heterocycles. The number of carbonyl (C=O) groups is 1. The van der Waals surface area contributed by atoms with E-state index in [4.69, 9.17) is 5.26 Å². The molecular formula is C19H20N6O. The van der Waals surface area contributed by atoms with Crippen molar-refractivity contribution in [1.29, 1.82) is 5.26 Å². The summed E-state index contributed by atoms with van der Waals surface area (Å²) < 4.78 is 0. The molecule has 2 heterocycles. The number of nitriles is 1. The molecule has 7 nitrogen and oxygen atoms in total. The van der Waals surface area contributed by atoms with E-state index in [1.807, 2.05) is 23.1 Å². The number of nitrogens with one attached hydrogen (secondary N) is 1. The van der Waals surface area contributed by atoms with Crippen LogP contribution in [0.4, 0.5) is 16.3 Å². The van der Waals surface area contributed by atoms with E-state index in [0.29, 0.717) is 31.9 Å². The van der Waals surface area contributed by atoms with Crippen LogP contribution in [0.2, 0.25) is 0 Å². The SMILES string of the molecule is N#Cc1ccc(N2CCN(C(=O)Nc3ccc(C4CC4)cc3)CC2)nn1. The van der Waals surface area contributed by atoms with E-state index in [2.05, 4.69) is 32.5 Å². The number of urea groups is 1. The number of aromatic nitrogens is 2. The maximum absolute atomic E-state index is 12.5. The molecule has 132 valence electrons. The van der Waals surface area contributed by atoms with Crippen molar-refractivity contribution in [2.45, 2.75) is 18.8 Å². The number of hydrogen-bond donors (Lipinski definition) is 1. The van der Waals surface area contributed by atoms with Gasteiger partial charge in [-0.3, -0.25) is 0 Å². The van der Waals surface area contributed by atoms with Crippen molar-refractivity contribution in [2.75, 3.05) is 36.4 Å². The van der Waals surface area contributed by atoms with Crippen molar-refractivity contribution in [3.8, 4) is 6.07 Å². The quantitative estimate of drug-likeness (QED) is 0.921. The molecule has 1 aliphatic heterocycles. The van der Waals surface area contributed by atoms with Crippen LogP contribution in [0.3, 0.4) is 0 Å². The van der Waals surface area contributed by atoms with Crippen LogP contribution in [0.1, 0.15) is 30.0 Å². The van der Waals surface area contributed by atoms with Crippen molar-refractivity contribution in [3.05, 3.63) is 47.7 Å². The zero-order valence-electron chi connectivity index (χ0n) is 14.4. The topological polar surface area (TPSA) is 85.2 Å². The first-order valence-corrected chi connectivity index (χ1v) is 8.87. The first kappa shape index (κ1) is 16.3. The lowest BCUT2D eigenvalue weighted by atomic mass is 10.1. The Kier molecular flexibility index (Phi) is 4.40. The lowest BCUT2D eigenvalue weighted by Crippen LogP contribution is -2.50. The lowest BCUT2D eigenvalue weighted by molar-refractivity contribution is 0.208. The molecule has 1 saturated carbocycles. The number of amides is 2. The fraction of sp³-hybridized carbons (Fsp3) is 0.368. The minimum atomic E-state index is -0.0743. The van der Waals surface area contributed by atoms with Gasteiger partial charge in [-0.25, -0.2) is 4.79 Å². The molecule has 26 heavy (non-hydrogen) atoms. The van der Waals surface area contributed by atoms with E-state index in [0.717, 1.165) is 17.4 Å². The molecule has 4 rings (SSSR count). The van der Waals surface area contributed by atoms with Gasteiger partial charge in [0.1, 0.15) is 6.07 Å². The van der Waals surface area contributed by atoms with E-state index in [1.165, 1.54) is 18.4 Å². The summed E-state index contributed by atoms with van der Waals surface area (Å²) in [6, 6.07) is 13.5. The average Bonchev–Trinajstić information content (AvgIpc) is 3.54. The normalized spacial score (nSPS) is 16.9. The Hall–Kier alpha value is -3.14. The molecule has 2 aromatic rings. The number of hydrogen-bond acceptors (Lipinski definition) is 5. The van der Waals surface area contributed by atoms with Crippen molar-refractivity contribution < 1.29 is 4.79 Å². The lowest BCUT2D eigenvalue weighted by Gasteiger charge is -2.35. The predicted molar refractivity (Wildman–Crippen MR) is 98.0 cm³/mol. The van der Waals surface area contributed by atoms with Crippen LogP contribution in [-0.2, 0) is 0 Å². The highest BCUT2D eigenvalue weighted by Gasteiger charge is 2.24. The summed E-state index contributed by atoms with van der Waals surface area (Å²) in [6.07, 6.45) is 2.55. The number of piperazine rings is 1. The molecular weight excluding hydrogens is 328 g/mol. The highest BCUT2D eigenvalue weighted by molar-refractivity contribution is 5.89. The number of nitrogens with zero attached hydrogens (tertiary/aromatic N) is 5. The first-order chi connectivity index (χ1) is 12.7. The fourth-order valence-electron chi connectivity index (χ4n) is 3.15. The Labute approximate surface area is 152 Å². The molecule has 2 amide bonds. The fourth-order valence-corrected chi connectivity index (χ4v) is 3.15. The van der Waals surface area contributed by atoms with Crippen LogP contribution in [0.5, 0.6) is 0 Å². The Balaban J connectivity index is 1.30. The van der Waals surface area contributed by atoms with E-state index in [1.54, 1.807) is 12.1 Å². The van der Waals surface area contributed by atoms with E-state index in [9.17, 15) is 4.79 Å². The monoisotopic (exact) mass is 348 g/mol. The number of rotatable bonds is 3. The van der Waals surface area contributed by atoms with Gasteiger partial charge in [0, 0.05) is 31.9 Å². The molecule has 1 aromatic heterocycles. The third-order valence-electron chi connectivity index (χ3n) is 4.87. The maximum atomic E-state index is 12.5. The minimum absolute atomic E-state index is 0.0743. The molecule has 2 fully saturated rings. The highest BCUT2D eigenvalue weighted by atomic mass is 16.2. The smallest absolute Gasteiger partial charge is 0.321 e. The number of benzene rings is 1. The summed E-state index contributed by atoms with van der Waals surface area (Å²) in [6.45, 7) is 2.62. The van der Waals surface area contributed by atoms with Gasteiger partial charge >= 0.3 is 6.03 Å². The van der Waals surface area contributed by atoms with Crippen molar-refractivity contribution >= 4 is 17.5 Å². The molecule has 1 aromatic carbocycles. The zero-order valence-corrected chi connectivity index (χ0v) is 14.4. The average molecular weight is 348 g/mol. The molecule has 0 spiro atoms. The molecule has 1 aliphatic carbocycles. The second-order valence-electron chi connectivity index (χ2n) is 6.69. The molecule has 0 atom stereocenters. The second kappa shape index (κ2) is 7.00.